The van der Waals surface area contributed by atoms with E-state index in [0.717, 1.165) is 0 Å². The number of aromatic hydroxyl groups is 1. The van der Waals surface area contributed by atoms with Crippen molar-refractivity contribution in [3.8, 4) is 23.0 Å². The van der Waals surface area contributed by atoms with Gasteiger partial charge in [-0.3, -0.25) is 9.59 Å². The second kappa shape index (κ2) is 9.39. The van der Waals surface area contributed by atoms with Gasteiger partial charge in [-0.1, -0.05) is 6.07 Å². The fraction of sp³-hybridized carbons (Fsp3) is 0.364. The largest absolute Gasteiger partial charge is 0.508 e. The van der Waals surface area contributed by atoms with Crippen molar-refractivity contribution in [1.29, 1.82) is 0 Å². The summed E-state index contributed by atoms with van der Waals surface area (Å²) in [7, 11) is 3.02. The Morgan fingerprint density at radius 3 is 1.97 bits per heavy atom. The van der Waals surface area contributed by atoms with Gasteiger partial charge in [0.1, 0.15) is 28.6 Å². The molecule has 8 heteroatoms. The zero-order valence-electron chi connectivity index (χ0n) is 17.3. The Morgan fingerprint density at radius 1 is 0.900 bits per heavy atom. The molecule has 2 amide bonds. The zero-order chi connectivity index (χ0) is 21.7. The highest BCUT2D eigenvalue weighted by Gasteiger charge is 2.30. The van der Waals surface area contributed by atoms with Gasteiger partial charge in [0.2, 0.25) is 0 Å². The van der Waals surface area contributed by atoms with Crippen LogP contribution in [-0.4, -0.2) is 73.2 Å². The summed E-state index contributed by atoms with van der Waals surface area (Å²) in [5.41, 5.74) is 0.381. The predicted octanol–water partition coefficient (Wildman–Crippen LogP) is 2.16. The molecule has 1 heterocycles. The third-order valence-electron chi connectivity index (χ3n) is 5.02. The molecular formula is C22H26N2O6. The molecule has 2 aromatic carbocycles. The summed E-state index contributed by atoms with van der Waals surface area (Å²) in [5.74, 6) is 1.21. The molecule has 0 radical (unpaired) electrons. The first-order chi connectivity index (χ1) is 14.4. The quantitative estimate of drug-likeness (QED) is 0.779. The number of hydrogen-bond donors (Lipinski definition) is 1. The monoisotopic (exact) mass is 414 g/mol. The second-order valence-electron chi connectivity index (χ2n) is 6.91. The number of piperazine rings is 1. The van der Waals surface area contributed by atoms with Crippen LogP contribution in [0.5, 0.6) is 23.0 Å². The summed E-state index contributed by atoms with van der Waals surface area (Å²) < 4.78 is 16.3. The fourth-order valence-corrected chi connectivity index (χ4v) is 3.39. The van der Waals surface area contributed by atoms with Crippen molar-refractivity contribution >= 4 is 11.8 Å². The number of phenolic OH excluding ortho intramolecular Hbond substituents is 1. The maximum Gasteiger partial charge on any atom is 0.263 e. The molecular weight excluding hydrogens is 388 g/mol. The lowest BCUT2D eigenvalue weighted by molar-refractivity contribution is -0.139. The lowest BCUT2D eigenvalue weighted by atomic mass is 10.1. The van der Waals surface area contributed by atoms with Crippen LogP contribution in [0.4, 0.5) is 0 Å². The molecule has 0 saturated carbocycles. The van der Waals surface area contributed by atoms with E-state index in [1.165, 1.54) is 26.4 Å². The minimum Gasteiger partial charge on any atom is -0.508 e. The van der Waals surface area contributed by atoms with Crippen molar-refractivity contribution in [3.05, 3.63) is 48.0 Å². The van der Waals surface area contributed by atoms with Crippen LogP contribution in [0.3, 0.4) is 0 Å². The van der Waals surface area contributed by atoms with Gasteiger partial charge in [-0.15, -0.1) is 0 Å². The Kier molecular flexibility index (Phi) is 6.66. The molecule has 3 rings (SSSR count). The lowest BCUT2D eigenvalue weighted by Crippen LogP contribution is -2.53. The summed E-state index contributed by atoms with van der Waals surface area (Å²) in [6, 6.07) is 11.4. The van der Waals surface area contributed by atoms with E-state index in [1.54, 1.807) is 47.1 Å². The van der Waals surface area contributed by atoms with Crippen LogP contribution >= 0.6 is 0 Å². The van der Waals surface area contributed by atoms with Gasteiger partial charge < -0.3 is 29.1 Å². The van der Waals surface area contributed by atoms with E-state index < -0.39 is 6.10 Å². The van der Waals surface area contributed by atoms with E-state index in [9.17, 15) is 14.7 Å². The first-order valence-corrected chi connectivity index (χ1v) is 9.69. The molecule has 1 fully saturated rings. The van der Waals surface area contributed by atoms with Gasteiger partial charge in [0.15, 0.2) is 6.10 Å². The number of benzene rings is 2. The van der Waals surface area contributed by atoms with E-state index >= 15 is 0 Å². The molecule has 0 aromatic heterocycles. The molecule has 1 aliphatic rings. The summed E-state index contributed by atoms with van der Waals surface area (Å²) in [6.45, 7) is 3.30. The summed E-state index contributed by atoms with van der Waals surface area (Å²) in [4.78, 5) is 29.2. The molecule has 2 aromatic rings. The topological polar surface area (TPSA) is 88.5 Å². The number of phenols is 1. The number of nitrogens with zero attached hydrogens (tertiary/aromatic N) is 2. The molecule has 0 aliphatic carbocycles. The third kappa shape index (κ3) is 4.59. The Morgan fingerprint density at radius 2 is 1.43 bits per heavy atom. The molecule has 1 atom stereocenters. The summed E-state index contributed by atoms with van der Waals surface area (Å²) >= 11 is 0. The standard InChI is InChI=1S/C22H26N2O6/c1-15(30-17-9-7-16(25)8-10-17)21(26)23-11-13-24(14-12-23)22(27)20-18(28-2)5-4-6-19(20)29-3/h4-10,15,25H,11-14H2,1-3H3. The third-order valence-corrected chi connectivity index (χ3v) is 5.02. The van der Waals surface area contributed by atoms with E-state index in [0.29, 0.717) is 49.0 Å². The Balaban J connectivity index is 1.61. The second-order valence-corrected chi connectivity index (χ2v) is 6.91. The van der Waals surface area contributed by atoms with E-state index in [2.05, 4.69) is 0 Å². The Labute approximate surface area is 175 Å². The summed E-state index contributed by atoms with van der Waals surface area (Å²) in [5, 5.41) is 9.34. The number of rotatable bonds is 6. The molecule has 160 valence electrons. The first kappa shape index (κ1) is 21.3. The van der Waals surface area contributed by atoms with E-state index in [4.69, 9.17) is 14.2 Å². The molecule has 0 spiro atoms. The molecule has 0 bridgehead atoms. The smallest absolute Gasteiger partial charge is 0.263 e. The fourth-order valence-electron chi connectivity index (χ4n) is 3.39. The molecule has 1 saturated heterocycles. The average Bonchev–Trinajstić information content (AvgIpc) is 2.79. The van der Waals surface area contributed by atoms with Gasteiger partial charge in [-0.05, 0) is 43.3 Å². The molecule has 30 heavy (non-hydrogen) atoms. The van der Waals surface area contributed by atoms with Crippen LogP contribution < -0.4 is 14.2 Å². The SMILES string of the molecule is COc1cccc(OC)c1C(=O)N1CCN(C(=O)C(C)Oc2ccc(O)cc2)CC1. The van der Waals surface area contributed by atoms with Crippen molar-refractivity contribution in [1.82, 2.24) is 9.80 Å². The van der Waals surface area contributed by atoms with Crippen LogP contribution in [-0.2, 0) is 4.79 Å². The van der Waals surface area contributed by atoms with Gasteiger partial charge >= 0.3 is 0 Å². The summed E-state index contributed by atoms with van der Waals surface area (Å²) in [6.07, 6.45) is -0.675. The van der Waals surface area contributed by atoms with Crippen LogP contribution in [0.15, 0.2) is 42.5 Å². The van der Waals surface area contributed by atoms with Crippen molar-refractivity contribution in [3.63, 3.8) is 0 Å². The number of carbonyl (C=O) groups is 2. The predicted molar refractivity (Wildman–Crippen MR) is 110 cm³/mol. The zero-order valence-corrected chi connectivity index (χ0v) is 17.3. The Bertz CT molecular complexity index is 869. The number of carbonyl (C=O) groups excluding carboxylic acids is 2. The molecule has 1 unspecified atom stereocenters. The average molecular weight is 414 g/mol. The number of hydrogen-bond acceptors (Lipinski definition) is 6. The van der Waals surface area contributed by atoms with Crippen molar-refractivity contribution in [2.24, 2.45) is 0 Å². The minimum atomic E-state index is -0.675. The van der Waals surface area contributed by atoms with Crippen molar-refractivity contribution < 1.29 is 28.9 Å². The maximum absolute atomic E-state index is 13.1. The van der Waals surface area contributed by atoms with E-state index in [1.807, 2.05) is 0 Å². The highest BCUT2D eigenvalue weighted by Crippen LogP contribution is 2.30. The normalized spacial score (nSPS) is 14.8. The molecule has 8 nitrogen and oxygen atoms in total. The first-order valence-electron chi connectivity index (χ1n) is 9.69. The Hall–Kier alpha value is -3.42. The number of ether oxygens (including phenoxy) is 3. The number of methoxy groups -OCH3 is 2. The van der Waals surface area contributed by atoms with E-state index in [-0.39, 0.29) is 17.6 Å². The molecule has 1 aliphatic heterocycles. The van der Waals surface area contributed by atoms with Gasteiger partial charge in [0, 0.05) is 26.2 Å². The molecule has 1 N–H and O–H groups in total. The van der Waals surface area contributed by atoms with Crippen LogP contribution in [0.2, 0.25) is 0 Å². The van der Waals surface area contributed by atoms with Gasteiger partial charge in [0.05, 0.1) is 14.2 Å². The lowest BCUT2D eigenvalue weighted by Gasteiger charge is -2.36. The maximum atomic E-state index is 13.1. The van der Waals surface area contributed by atoms with Crippen LogP contribution in [0.25, 0.3) is 0 Å². The van der Waals surface area contributed by atoms with Crippen LogP contribution in [0.1, 0.15) is 17.3 Å². The number of amides is 2. The highest BCUT2D eigenvalue weighted by molar-refractivity contribution is 6.00. The van der Waals surface area contributed by atoms with Gasteiger partial charge in [0.25, 0.3) is 11.8 Å². The van der Waals surface area contributed by atoms with Crippen LogP contribution in [0, 0.1) is 0 Å². The van der Waals surface area contributed by atoms with Crippen molar-refractivity contribution in [2.45, 2.75) is 13.0 Å². The highest BCUT2D eigenvalue weighted by atomic mass is 16.5. The van der Waals surface area contributed by atoms with Crippen molar-refractivity contribution in [2.75, 3.05) is 40.4 Å². The van der Waals surface area contributed by atoms with Gasteiger partial charge in [-0.2, -0.15) is 0 Å². The van der Waals surface area contributed by atoms with Gasteiger partial charge in [-0.25, -0.2) is 0 Å². The minimum absolute atomic E-state index is 0.133.